The molecule has 2 N–H and O–H groups in total. The number of methoxy groups -OCH3 is 1. The summed E-state index contributed by atoms with van der Waals surface area (Å²) in [4.78, 5) is 0. The normalized spacial score (nSPS) is 20.2. The Bertz CT molecular complexity index is 418. The van der Waals surface area contributed by atoms with Crippen molar-refractivity contribution in [1.29, 1.82) is 0 Å². The molecule has 0 saturated heterocycles. The maximum atomic E-state index is 5.90. The van der Waals surface area contributed by atoms with Crippen LogP contribution in [0.2, 0.25) is 0 Å². The van der Waals surface area contributed by atoms with E-state index < -0.39 is 0 Å². The van der Waals surface area contributed by atoms with Gasteiger partial charge in [-0.2, -0.15) is 0 Å². The molecule has 0 atom stereocenters. The van der Waals surface area contributed by atoms with E-state index in [2.05, 4.69) is 34.1 Å². The molecule has 92 valence electrons. The lowest BCUT2D eigenvalue weighted by atomic mass is 9.90. The highest BCUT2D eigenvalue weighted by molar-refractivity contribution is 9.10. The summed E-state index contributed by atoms with van der Waals surface area (Å²) in [7, 11) is 1.68. The molecule has 0 aromatic heterocycles. The molecule has 1 aromatic carbocycles. The van der Waals surface area contributed by atoms with Crippen LogP contribution in [0.4, 0.5) is 0 Å². The summed E-state index contributed by atoms with van der Waals surface area (Å²) >= 11 is 3.51. The van der Waals surface area contributed by atoms with Gasteiger partial charge < -0.3 is 10.5 Å². The molecular weight excluding hydrogens is 278 g/mol. The van der Waals surface area contributed by atoms with Gasteiger partial charge in [-0.3, -0.25) is 0 Å². The third-order valence-electron chi connectivity index (χ3n) is 3.22. The molecule has 0 radical (unpaired) electrons. The summed E-state index contributed by atoms with van der Waals surface area (Å²) in [6, 6.07) is 6.58. The molecule has 0 unspecified atom stereocenters. The van der Waals surface area contributed by atoms with Crippen LogP contribution in [0, 0.1) is 0 Å². The van der Waals surface area contributed by atoms with Crippen LogP contribution in [0.15, 0.2) is 28.2 Å². The zero-order chi connectivity index (χ0) is 12.3. The van der Waals surface area contributed by atoms with E-state index in [9.17, 15) is 0 Å². The molecule has 0 aliphatic heterocycles. The molecule has 0 bridgehead atoms. The van der Waals surface area contributed by atoms with Crippen LogP contribution in [0.1, 0.15) is 31.2 Å². The number of allylic oxidation sites excluding steroid dienone is 1. The van der Waals surface area contributed by atoms with E-state index in [0.29, 0.717) is 6.04 Å². The van der Waals surface area contributed by atoms with Gasteiger partial charge in [0.05, 0.1) is 11.6 Å². The Balaban J connectivity index is 2.13. The molecular formula is C14H18BrNO. The van der Waals surface area contributed by atoms with Crippen LogP contribution in [0.5, 0.6) is 5.75 Å². The molecule has 1 fully saturated rings. The van der Waals surface area contributed by atoms with Crippen molar-refractivity contribution >= 4 is 22.0 Å². The van der Waals surface area contributed by atoms with E-state index in [-0.39, 0.29) is 0 Å². The van der Waals surface area contributed by atoms with Crippen LogP contribution in [-0.2, 0) is 0 Å². The molecule has 1 aliphatic rings. The minimum atomic E-state index is 0.398. The smallest absolute Gasteiger partial charge is 0.133 e. The lowest BCUT2D eigenvalue weighted by molar-refractivity contribution is 0.412. The van der Waals surface area contributed by atoms with Crippen molar-refractivity contribution in [2.24, 2.45) is 5.73 Å². The standard InChI is InChI=1S/C14H18BrNO/c1-17-14-7-4-11(9-13(14)15)8-10-2-5-12(16)6-3-10/h4,7-9,12H,2-3,5-6,16H2,1H3. The number of halogens is 1. The average Bonchev–Trinajstić information content (AvgIpc) is 2.32. The molecule has 1 aromatic rings. The highest BCUT2D eigenvalue weighted by Gasteiger charge is 2.12. The second-order valence-corrected chi connectivity index (χ2v) is 5.39. The fourth-order valence-electron chi connectivity index (χ4n) is 2.16. The fraction of sp³-hybridized carbons (Fsp3) is 0.429. The van der Waals surface area contributed by atoms with Gasteiger partial charge in [-0.25, -0.2) is 0 Å². The van der Waals surface area contributed by atoms with Gasteiger partial charge in [0.25, 0.3) is 0 Å². The minimum Gasteiger partial charge on any atom is -0.496 e. The van der Waals surface area contributed by atoms with Crippen LogP contribution < -0.4 is 10.5 Å². The zero-order valence-corrected chi connectivity index (χ0v) is 11.7. The zero-order valence-electron chi connectivity index (χ0n) is 10.1. The Labute approximate surface area is 111 Å². The number of ether oxygens (including phenoxy) is 1. The van der Waals surface area contributed by atoms with E-state index >= 15 is 0 Å². The predicted octanol–water partition coefficient (Wildman–Crippen LogP) is 3.74. The molecule has 2 rings (SSSR count). The Kier molecular flexibility index (Phi) is 4.24. The van der Waals surface area contributed by atoms with Crippen molar-refractivity contribution in [2.45, 2.75) is 31.7 Å². The van der Waals surface area contributed by atoms with E-state index in [1.165, 1.54) is 11.1 Å². The first-order valence-corrected chi connectivity index (χ1v) is 6.77. The molecule has 0 amide bonds. The molecule has 3 heteroatoms. The summed E-state index contributed by atoms with van der Waals surface area (Å²) < 4.78 is 6.22. The van der Waals surface area contributed by atoms with E-state index in [0.717, 1.165) is 35.9 Å². The lowest BCUT2D eigenvalue weighted by Gasteiger charge is -2.20. The largest absolute Gasteiger partial charge is 0.496 e. The predicted molar refractivity (Wildman–Crippen MR) is 75.1 cm³/mol. The van der Waals surface area contributed by atoms with Gasteiger partial charge in [0.15, 0.2) is 0 Å². The SMILES string of the molecule is COc1ccc(C=C2CCC(N)CC2)cc1Br. The van der Waals surface area contributed by atoms with Gasteiger partial charge in [0, 0.05) is 6.04 Å². The maximum Gasteiger partial charge on any atom is 0.133 e. The van der Waals surface area contributed by atoms with E-state index in [1.807, 2.05) is 6.07 Å². The van der Waals surface area contributed by atoms with E-state index in [4.69, 9.17) is 10.5 Å². The van der Waals surface area contributed by atoms with Crippen molar-refractivity contribution in [1.82, 2.24) is 0 Å². The van der Waals surface area contributed by atoms with E-state index in [1.54, 1.807) is 7.11 Å². The first-order chi connectivity index (χ1) is 8.19. The summed E-state index contributed by atoms with van der Waals surface area (Å²) in [5, 5.41) is 0. The molecule has 2 nitrogen and oxygen atoms in total. The quantitative estimate of drug-likeness (QED) is 0.902. The third kappa shape index (κ3) is 3.33. The van der Waals surface area contributed by atoms with Gasteiger partial charge in [-0.05, 0) is 59.3 Å². The number of rotatable bonds is 2. The topological polar surface area (TPSA) is 35.2 Å². The first-order valence-electron chi connectivity index (χ1n) is 5.97. The lowest BCUT2D eigenvalue weighted by Crippen LogP contribution is -2.23. The van der Waals surface area contributed by atoms with Gasteiger partial charge in [-0.15, -0.1) is 0 Å². The van der Waals surface area contributed by atoms with Crippen molar-refractivity contribution < 1.29 is 4.74 Å². The molecule has 1 aliphatic carbocycles. The number of nitrogens with two attached hydrogens (primary N) is 1. The Hall–Kier alpha value is -0.800. The maximum absolute atomic E-state index is 5.90. The van der Waals surface area contributed by atoms with Crippen LogP contribution >= 0.6 is 15.9 Å². The fourth-order valence-corrected chi connectivity index (χ4v) is 2.72. The van der Waals surface area contributed by atoms with Gasteiger partial charge in [-0.1, -0.05) is 17.7 Å². The monoisotopic (exact) mass is 295 g/mol. The van der Waals surface area contributed by atoms with Crippen molar-refractivity contribution in [3.63, 3.8) is 0 Å². The summed E-state index contributed by atoms with van der Waals surface area (Å²) in [5.74, 6) is 0.873. The minimum absolute atomic E-state index is 0.398. The highest BCUT2D eigenvalue weighted by atomic mass is 79.9. The average molecular weight is 296 g/mol. The molecule has 17 heavy (non-hydrogen) atoms. The summed E-state index contributed by atoms with van der Waals surface area (Å²) in [6.45, 7) is 0. The molecule has 1 saturated carbocycles. The summed E-state index contributed by atoms with van der Waals surface area (Å²) in [6.07, 6.45) is 6.76. The number of hydrogen-bond acceptors (Lipinski definition) is 2. The van der Waals surface area contributed by atoms with Crippen molar-refractivity contribution in [2.75, 3.05) is 7.11 Å². The van der Waals surface area contributed by atoms with Crippen molar-refractivity contribution in [3.8, 4) is 5.75 Å². The van der Waals surface area contributed by atoms with Crippen LogP contribution in [0.25, 0.3) is 6.08 Å². The second-order valence-electron chi connectivity index (χ2n) is 4.53. The van der Waals surface area contributed by atoms with Gasteiger partial charge >= 0.3 is 0 Å². The molecule has 0 heterocycles. The summed E-state index contributed by atoms with van der Waals surface area (Å²) in [5.41, 5.74) is 8.63. The Morgan fingerprint density at radius 3 is 2.65 bits per heavy atom. The van der Waals surface area contributed by atoms with Crippen LogP contribution in [-0.4, -0.2) is 13.2 Å². The number of hydrogen-bond donors (Lipinski definition) is 1. The Morgan fingerprint density at radius 1 is 1.35 bits per heavy atom. The molecule has 0 spiro atoms. The number of benzene rings is 1. The second kappa shape index (κ2) is 5.69. The van der Waals surface area contributed by atoms with Crippen molar-refractivity contribution in [3.05, 3.63) is 33.8 Å². The first kappa shape index (κ1) is 12.7. The highest BCUT2D eigenvalue weighted by Crippen LogP contribution is 2.29. The van der Waals surface area contributed by atoms with Gasteiger partial charge in [0.1, 0.15) is 5.75 Å². The Morgan fingerprint density at radius 2 is 2.06 bits per heavy atom. The van der Waals surface area contributed by atoms with Crippen LogP contribution in [0.3, 0.4) is 0 Å². The third-order valence-corrected chi connectivity index (χ3v) is 3.84. The van der Waals surface area contributed by atoms with Gasteiger partial charge in [0.2, 0.25) is 0 Å².